The van der Waals surface area contributed by atoms with Crippen LogP contribution in [0.2, 0.25) is 0 Å². The highest BCUT2D eigenvalue weighted by molar-refractivity contribution is 14.0. The van der Waals surface area contributed by atoms with Gasteiger partial charge in [-0.2, -0.15) is 0 Å². The van der Waals surface area contributed by atoms with Crippen LogP contribution in [0.25, 0.3) is 0 Å². The molecular formula is C19H39IN4O3. The van der Waals surface area contributed by atoms with Gasteiger partial charge < -0.3 is 24.4 Å². The maximum absolute atomic E-state index is 5.69. The fraction of sp³-hybridized carbons (Fsp3) is 0.947. The molecule has 2 heterocycles. The van der Waals surface area contributed by atoms with Crippen LogP contribution in [0.4, 0.5) is 0 Å². The zero-order valence-electron chi connectivity index (χ0n) is 17.2. The van der Waals surface area contributed by atoms with Gasteiger partial charge in [0.2, 0.25) is 0 Å². The van der Waals surface area contributed by atoms with Gasteiger partial charge in [-0.1, -0.05) is 0 Å². The summed E-state index contributed by atoms with van der Waals surface area (Å²) >= 11 is 0. The van der Waals surface area contributed by atoms with Crippen molar-refractivity contribution in [2.45, 2.75) is 26.2 Å². The van der Waals surface area contributed by atoms with E-state index in [2.05, 4.69) is 22.0 Å². The Hall–Kier alpha value is -0.160. The fourth-order valence-electron chi connectivity index (χ4n) is 3.44. The number of nitrogens with zero attached hydrogens (tertiary/aromatic N) is 3. The number of morpholine rings is 1. The third kappa shape index (κ3) is 10.3. The molecule has 1 atom stereocenters. The molecule has 160 valence electrons. The van der Waals surface area contributed by atoms with Crippen LogP contribution in [0.15, 0.2) is 4.99 Å². The van der Waals surface area contributed by atoms with Crippen LogP contribution >= 0.6 is 24.0 Å². The first-order valence-corrected chi connectivity index (χ1v) is 10.2. The van der Waals surface area contributed by atoms with Crippen molar-refractivity contribution in [1.29, 1.82) is 0 Å². The standard InChI is InChI=1S/C19H38N4O3.HI/c1-3-20-19(21-7-4-5-8-22-10-12-25-13-11-22)23-9-6-18(16-23)17-26-15-14-24-2;/h18H,3-17H2,1-2H3,(H,20,21);1H. The molecule has 0 aromatic heterocycles. The molecule has 0 bridgehead atoms. The topological polar surface area (TPSA) is 58.6 Å². The van der Waals surface area contributed by atoms with E-state index in [1.165, 1.54) is 19.4 Å². The number of hydrogen-bond donors (Lipinski definition) is 1. The Labute approximate surface area is 182 Å². The molecule has 1 unspecified atom stereocenters. The van der Waals surface area contributed by atoms with E-state index in [0.717, 1.165) is 71.5 Å². The van der Waals surface area contributed by atoms with Crippen molar-refractivity contribution in [2.24, 2.45) is 10.9 Å². The Balaban J connectivity index is 0.00000364. The highest BCUT2D eigenvalue weighted by Gasteiger charge is 2.24. The van der Waals surface area contributed by atoms with Crippen molar-refractivity contribution in [2.75, 3.05) is 86.0 Å². The van der Waals surface area contributed by atoms with Gasteiger partial charge in [0.05, 0.1) is 33.0 Å². The molecular weight excluding hydrogens is 459 g/mol. The number of hydrogen-bond acceptors (Lipinski definition) is 5. The molecule has 0 spiro atoms. The Bertz CT molecular complexity index is 395. The first-order chi connectivity index (χ1) is 12.8. The number of aliphatic imine (C=N–C) groups is 1. The number of unbranched alkanes of at least 4 members (excludes halogenated alkanes) is 1. The summed E-state index contributed by atoms with van der Waals surface area (Å²) in [5.41, 5.74) is 0. The summed E-state index contributed by atoms with van der Waals surface area (Å²) in [5.74, 6) is 1.66. The van der Waals surface area contributed by atoms with E-state index in [1.54, 1.807) is 7.11 Å². The number of nitrogens with one attached hydrogen (secondary N) is 1. The summed E-state index contributed by atoms with van der Waals surface area (Å²) < 4.78 is 16.1. The number of rotatable bonds is 11. The maximum Gasteiger partial charge on any atom is 0.193 e. The van der Waals surface area contributed by atoms with Crippen LogP contribution < -0.4 is 5.32 Å². The molecule has 2 saturated heterocycles. The highest BCUT2D eigenvalue weighted by atomic mass is 127. The first kappa shape index (κ1) is 24.9. The van der Waals surface area contributed by atoms with E-state index >= 15 is 0 Å². The van der Waals surface area contributed by atoms with Crippen molar-refractivity contribution in [1.82, 2.24) is 15.1 Å². The largest absolute Gasteiger partial charge is 0.382 e. The normalized spacial score (nSPS) is 21.3. The van der Waals surface area contributed by atoms with Gasteiger partial charge in [0.1, 0.15) is 0 Å². The predicted molar refractivity (Wildman–Crippen MR) is 120 cm³/mol. The van der Waals surface area contributed by atoms with Crippen LogP contribution in [0.3, 0.4) is 0 Å². The van der Waals surface area contributed by atoms with Crippen molar-refractivity contribution >= 4 is 29.9 Å². The minimum absolute atomic E-state index is 0. The summed E-state index contributed by atoms with van der Waals surface area (Å²) in [5, 5.41) is 3.45. The van der Waals surface area contributed by atoms with Crippen LogP contribution in [-0.4, -0.2) is 102 Å². The Kier molecular flexibility index (Phi) is 14.5. The third-order valence-corrected chi connectivity index (χ3v) is 4.95. The van der Waals surface area contributed by atoms with Gasteiger partial charge >= 0.3 is 0 Å². The minimum atomic E-state index is 0. The molecule has 0 amide bonds. The van der Waals surface area contributed by atoms with Gasteiger partial charge in [-0.25, -0.2) is 0 Å². The molecule has 27 heavy (non-hydrogen) atoms. The Morgan fingerprint density at radius 3 is 2.74 bits per heavy atom. The van der Waals surface area contributed by atoms with Crippen LogP contribution in [0.5, 0.6) is 0 Å². The van der Waals surface area contributed by atoms with E-state index < -0.39 is 0 Å². The number of methoxy groups -OCH3 is 1. The second-order valence-electron chi connectivity index (χ2n) is 7.07. The maximum atomic E-state index is 5.69. The summed E-state index contributed by atoms with van der Waals surface area (Å²) in [7, 11) is 1.71. The van der Waals surface area contributed by atoms with Gasteiger partial charge in [0.25, 0.3) is 0 Å². The zero-order valence-corrected chi connectivity index (χ0v) is 19.5. The van der Waals surface area contributed by atoms with Crippen LogP contribution in [0.1, 0.15) is 26.2 Å². The lowest BCUT2D eigenvalue weighted by molar-refractivity contribution is 0.0373. The third-order valence-electron chi connectivity index (χ3n) is 4.95. The molecule has 2 rings (SSSR count). The van der Waals surface area contributed by atoms with Gasteiger partial charge in [-0.15, -0.1) is 24.0 Å². The summed E-state index contributed by atoms with van der Waals surface area (Å²) in [6, 6.07) is 0. The van der Waals surface area contributed by atoms with Crippen molar-refractivity contribution in [3.8, 4) is 0 Å². The first-order valence-electron chi connectivity index (χ1n) is 10.2. The number of ether oxygens (including phenoxy) is 3. The molecule has 0 aliphatic carbocycles. The molecule has 2 fully saturated rings. The average molecular weight is 498 g/mol. The molecule has 2 aliphatic heterocycles. The molecule has 2 aliphatic rings. The molecule has 0 radical (unpaired) electrons. The quantitative estimate of drug-likeness (QED) is 0.203. The lowest BCUT2D eigenvalue weighted by Gasteiger charge is -2.26. The minimum Gasteiger partial charge on any atom is -0.382 e. The predicted octanol–water partition coefficient (Wildman–Crippen LogP) is 1.67. The summed E-state index contributed by atoms with van der Waals surface area (Å²) in [6.07, 6.45) is 3.52. The van der Waals surface area contributed by atoms with Crippen molar-refractivity contribution < 1.29 is 14.2 Å². The van der Waals surface area contributed by atoms with E-state index in [1.807, 2.05) is 0 Å². The van der Waals surface area contributed by atoms with E-state index in [9.17, 15) is 0 Å². The second-order valence-corrected chi connectivity index (χ2v) is 7.07. The smallest absolute Gasteiger partial charge is 0.193 e. The van der Waals surface area contributed by atoms with E-state index in [-0.39, 0.29) is 24.0 Å². The SMILES string of the molecule is CCNC(=NCCCCN1CCOCC1)N1CCC(COCCOC)C1.I. The molecule has 1 N–H and O–H groups in total. The number of guanidine groups is 1. The summed E-state index contributed by atoms with van der Waals surface area (Å²) in [4.78, 5) is 9.73. The van der Waals surface area contributed by atoms with E-state index in [4.69, 9.17) is 19.2 Å². The van der Waals surface area contributed by atoms with Crippen molar-refractivity contribution in [3.05, 3.63) is 0 Å². The lowest BCUT2D eigenvalue weighted by atomic mass is 10.1. The zero-order chi connectivity index (χ0) is 18.5. The summed E-state index contributed by atoms with van der Waals surface area (Å²) in [6.45, 7) is 13.3. The lowest BCUT2D eigenvalue weighted by Crippen LogP contribution is -2.40. The van der Waals surface area contributed by atoms with Crippen molar-refractivity contribution in [3.63, 3.8) is 0 Å². The number of halogens is 1. The second kappa shape index (κ2) is 15.7. The van der Waals surface area contributed by atoms with Gasteiger partial charge in [-0.05, 0) is 32.7 Å². The fourth-order valence-corrected chi connectivity index (χ4v) is 3.44. The molecule has 0 aromatic carbocycles. The van der Waals surface area contributed by atoms with Crippen LogP contribution in [-0.2, 0) is 14.2 Å². The Morgan fingerprint density at radius 2 is 2.00 bits per heavy atom. The molecule has 7 nitrogen and oxygen atoms in total. The van der Waals surface area contributed by atoms with Crippen LogP contribution in [0, 0.1) is 5.92 Å². The van der Waals surface area contributed by atoms with Gasteiger partial charge in [0.15, 0.2) is 5.96 Å². The molecule has 8 heteroatoms. The highest BCUT2D eigenvalue weighted by Crippen LogP contribution is 2.16. The van der Waals surface area contributed by atoms with Gasteiger partial charge in [0, 0.05) is 52.3 Å². The number of likely N-dealkylation sites (tertiary alicyclic amines) is 1. The molecule has 0 aromatic rings. The monoisotopic (exact) mass is 498 g/mol. The molecule has 0 saturated carbocycles. The van der Waals surface area contributed by atoms with E-state index in [0.29, 0.717) is 19.1 Å². The van der Waals surface area contributed by atoms with Gasteiger partial charge in [-0.3, -0.25) is 9.89 Å². The Morgan fingerprint density at radius 1 is 1.19 bits per heavy atom. The average Bonchev–Trinajstić information content (AvgIpc) is 3.14.